The molecule has 0 atom stereocenters. The molecule has 1 aromatic rings. The van der Waals surface area contributed by atoms with Gasteiger partial charge in [0, 0.05) is 38.9 Å². The van der Waals surface area contributed by atoms with E-state index in [1.54, 1.807) is 6.20 Å². The van der Waals surface area contributed by atoms with Gasteiger partial charge >= 0.3 is 0 Å². The van der Waals surface area contributed by atoms with Gasteiger partial charge in [-0.25, -0.2) is 4.98 Å². The number of hydrogen-bond donors (Lipinski definition) is 2. The molecule has 1 aliphatic heterocycles. The Morgan fingerprint density at radius 1 is 0.818 bits per heavy atom. The van der Waals surface area contributed by atoms with Gasteiger partial charge in [-0.3, -0.25) is 4.79 Å². The van der Waals surface area contributed by atoms with Crippen LogP contribution in [0.5, 0.6) is 0 Å². The molecule has 188 valence electrons. The monoisotopic (exact) mass is 570 g/mol. The van der Waals surface area contributed by atoms with Gasteiger partial charge in [-0.15, -0.1) is 0 Å². The van der Waals surface area contributed by atoms with E-state index < -0.39 is 0 Å². The van der Waals surface area contributed by atoms with Crippen molar-refractivity contribution in [2.75, 3.05) is 42.1 Å². The summed E-state index contributed by atoms with van der Waals surface area (Å²) in [5.41, 5.74) is 0.657. The maximum Gasteiger partial charge on any atom is 0.252 e. The molecule has 2 N–H and O–H groups in total. The third kappa shape index (κ3) is 13.5. The molecule has 33 heavy (non-hydrogen) atoms. The van der Waals surface area contributed by atoms with E-state index in [0.29, 0.717) is 5.56 Å². The largest absolute Gasteiger partial charge is 0.354 e. The Morgan fingerprint density at radius 3 is 1.82 bits per heavy atom. The molecule has 0 aromatic carbocycles. The van der Waals surface area contributed by atoms with Crippen LogP contribution in [0.1, 0.15) is 107 Å². The SMILES string of the molecule is O=C(NCCCCCCCCCCCCCCCCCI)c1ccc(N2CCNCC2)nc1. The lowest BCUT2D eigenvalue weighted by molar-refractivity contribution is 0.0952. The Hall–Kier alpha value is -0.890. The van der Waals surface area contributed by atoms with Crippen LogP contribution in [0.2, 0.25) is 0 Å². The predicted molar refractivity (Wildman–Crippen MR) is 150 cm³/mol. The third-order valence-electron chi connectivity index (χ3n) is 6.55. The number of unbranched alkanes of at least 4 members (excludes halogenated alkanes) is 14. The zero-order valence-electron chi connectivity index (χ0n) is 20.8. The van der Waals surface area contributed by atoms with Gasteiger partial charge in [0.1, 0.15) is 5.82 Å². The third-order valence-corrected chi connectivity index (χ3v) is 7.31. The van der Waals surface area contributed by atoms with Crippen LogP contribution in [-0.4, -0.2) is 48.0 Å². The summed E-state index contributed by atoms with van der Waals surface area (Å²) in [6.07, 6.45) is 22.2. The summed E-state index contributed by atoms with van der Waals surface area (Å²) in [5, 5.41) is 6.39. The number of piperazine rings is 1. The second kappa shape index (κ2) is 19.4. The minimum absolute atomic E-state index is 0.00463. The second-order valence-electron chi connectivity index (χ2n) is 9.39. The van der Waals surface area contributed by atoms with E-state index in [1.165, 1.54) is 94.3 Å². The summed E-state index contributed by atoms with van der Waals surface area (Å²) < 4.78 is 1.32. The molecule has 1 amide bonds. The zero-order chi connectivity index (χ0) is 23.4. The number of aromatic nitrogens is 1. The number of carbonyl (C=O) groups is 1. The van der Waals surface area contributed by atoms with Crippen LogP contribution >= 0.6 is 22.6 Å². The van der Waals surface area contributed by atoms with Crippen LogP contribution in [-0.2, 0) is 0 Å². The van der Waals surface area contributed by atoms with Crippen molar-refractivity contribution < 1.29 is 4.79 Å². The minimum Gasteiger partial charge on any atom is -0.354 e. The average molecular weight is 571 g/mol. The number of alkyl halides is 1. The van der Waals surface area contributed by atoms with E-state index >= 15 is 0 Å². The van der Waals surface area contributed by atoms with Crippen LogP contribution in [0, 0.1) is 0 Å². The normalized spacial score (nSPS) is 13.9. The van der Waals surface area contributed by atoms with Gasteiger partial charge in [-0.1, -0.05) is 106 Å². The average Bonchev–Trinajstić information content (AvgIpc) is 2.86. The quantitative estimate of drug-likeness (QED) is 0.113. The lowest BCUT2D eigenvalue weighted by atomic mass is 10.0. The van der Waals surface area contributed by atoms with E-state index in [-0.39, 0.29) is 5.91 Å². The lowest BCUT2D eigenvalue weighted by Gasteiger charge is -2.28. The first-order valence-electron chi connectivity index (χ1n) is 13.6. The van der Waals surface area contributed by atoms with E-state index in [4.69, 9.17) is 0 Å². The van der Waals surface area contributed by atoms with Crippen LogP contribution in [0.4, 0.5) is 5.82 Å². The van der Waals surface area contributed by atoms with Gasteiger partial charge in [0.05, 0.1) is 5.56 Å². The summed E-state index contributed by atoms with van der Waals surface area (Å²) >= 11 is 2.48. The first-order valence-corrected chi connectivity index (χ1v) is 15.1. The number of nitrogens with one attached hydrogen (secondary N) is 2. The Kier molecular flexibility index (Phi) is 16.7. The molecular weight excluding hydrogens is 523 g/mol. The molecule has 0 spiro atoms. The number of amides is 1. The number of carbonyl (C=O) groups excluding carboxylic acids is 1. The van der Waals surface area contributed by atoms with Crippen molar-refractivity contribution in [3.05, 3.63) is 23.9 Å². The molecular formula is C27H47IN4O. The number of nitrogens with zero attached hydrogens (tertiary/aromatic N) is 2. The van der Waals surface area contributed by atoms with Crippen LogP contribution in [0.15, 0.2) is 18.3 Å². The Bertz CT molecular complexity index is 605. The van der Waals surface area contributed by atoms with Gasteiger partial charge < -0.3 is 15.5 Å². The van der Waals surface area contributed by atoms with Crippen LogP contribution < -0.4 is 15.5 Å². The highest BCUT2D eigenvalue weighted by atomic mass is 127. The molecule has 1 aliphatic rings. The van der Waals surface area contributed by atoms with E-state index in [0.717, 1.165) is 45.0 Å². The van der Waals surface area contributed by atoms with Crippen molar-refractivity contribution in [2.45, 2.75) is 96.3 Å². The van der Waals surface area contributed by atoms with E-state index in [2.05, 4.69) is 43.1 Å². The smallest absolute Gasteiger partial charge is 0.252 e. The molecule has 1 aromatic heterocycles. The fraction of sp³-hybridized carbons (Fsp3) is 0.778. The fourth-order valence-corrected chi connectivity index (χ4v) is 4.96. The molecule has 0 unspecified atom stereocenters. The molecule has 0 radical (unpaired) electrons. The molecule has 5 nitrogen and oxygen atoms in total. The van der Waals surface area contributed by atoms with Crippen molar-refractivity contribution >= 4 is 34.3 Å². The first-order chi connectivity index (χ1) is 16.3. The molecule has 0 saturated carbocycles. The van der Waals surface area contributed by atoms with Crippen molar-refractivity contribution in [1.29, 1.82) is 0 Å². The molecule has 2 heterocycles. The maximum atomic E-state index is 12.3. The van der Waals surface area contributed by atoms with Gasteiger partial charge in [0.15, 0.2) is 0 Å². The topological polar surface area (TPSA) is 57.3 Å². The number of rotatable bonds is 19. The number of hydrogen-bond acceptors (Lipinski definition) is 4. The van der Waals surface area contributed by atoms with Crippen LogP contribution in [0.3, 0.4) is 0 Å². The highest BCUT2D eigenvalue weighted by molar-refractivity contribution is 14.1. The summed E-state index contributed by atoms with van der Waals surface area (Å²) in [5.74, 6) is 0.959. The molecule has 1 fully saturated rings. The number of anilines is 1. The van der Waals surface area contributed by atoms with Crippen molar-refractivity contribution in [1.82, 2.24) is 15.6 Å². The highest BCUT2D eigenvalue weighted by Gasteiger charge is 2.12. The van der Waals surface area contributed by atoms with Gasteiger partial charge in [0.25, 0.3) is 5.91 Å². The van der Waals surface area contributed by atoms with Crippen molar-refractivity contribution in [3.63, 3.8) is 0 Å². The van der Waals surface area contributed by atoms with E-state index in [1.807, 2.05) is 12.1 Å². The second-order valence-corrected chi connectivity index (χ2v) is 10.5. The maximum absolute atomic E-state index is 12.3. The van der Waals surface area contributed by atoms with E-state index in [9.17, 15) is 4.79 Å². The standard InChI is InChI=1S/C27H47IN4O/c28-18-14-12-10-8-6-4-2-1-3-5-7-9-11-13-15-19-30-27(33)25-16-17-26(31-24-25)32-22-20-29-21-23-32/h16-17,24,29H,1-15,18-23H2,(H,30,33). The molecule has 0 bridgehead atoms. The Balaban J connectivity index is 1.36. The summed E-state index contributed by atoms with van der Waals surface area (Å²) in [6.45, 7) is 4.68. The predicted octanol–water partition coefficient (Wildman–Crippen LogP) is 6.51. The van der Waals surface area contributed by atoms with Gasteiger partial charge in [-0.05, 0) is 29.4 Å². The highest BCUT2D eigenvalue weighted by Crippen LogP contribution is 2.14. The minimum atomic E-state index is -0.00463. The Labute approximate surface area is 216 Å². The van der Waals surface area contributed by atoms with Crippen LogP contribution in [0.25, 0.3) is 0 Å². The van der Waals surface area contributed by atoms with Crippen molar-refractivity contribution in [2.24, 2.45) is 0 Å². The number of pyridine rings is 1. The van der Waals surface area contributed by atoms with Gasteiger partial charge in [-0.2, -0.15) is 0 Å². The van der Waals surface area contributed by atoms with Crippen molar-refractivity contribution in [3.8, 4) is 0 Å². The number of halogens is 1. The molecule has 1 saturated heterocycles. The summed E-state index contributed by atoms with van der Waals surface area (Å²) in [6, 6.07) is 3.86. The molecule has 0 aliphatic carbocycles. The Morgan fingerprint density at radius 2 is 1.33 bits per heavy atom. The lowest BCUT2D eigenvalue weighted by Crippen LogP contribution is -2.43. The van der Waals surface area contributed by atoms with Gasteiger partial charge in [0.2, 0.25) is 0 Å². The fourth-order valence-electron chi connectivity index (χ4n) is 4.42. The first kappa shape index (κ1) is 28.3. The molecule has 2 rings (SSSR count). The zero-order valence-corrected chi connectivity index (χ0v) is 22.9. The summed E-state index contributed by atoms with van der Waals surface area (Å²) in [7, 11) is 0. The summed E-state index contributed by atoms with van der Waals surface area (Å²) in [4.78, 5) is 19.1. The molecule has 6 heteroatoms.